The third-order valence-electron chi connectivity index (χ3n) is 11.7. The highest BCUT2D eigenvalue weighted by Gasteiger charge is 2.59. The standard InChI is InChI=1S/C44H46N5O12.CHF3O3S/c1-26(2)37-38-27(3)35(39(46(38)40(37)50)43(53)60-41(51)29-13-17-31(18-14-29)47(55)56)25-59-36-12-8-10-33-28(9-7-11-34(33)36)21-23-49(5,6)24-22-45(4)44(54)61-42(52)30-15-19-32(20-16-30)48(57)58;2-1(3,4)8(5,6)7/h7-20,26-27,37-38H,21-25H2,1-6H3;(H,5,6,7)/q+1;/p-1/t27-,37+,38+;/m0./s1. The number of carbonyl (C=O) groups excluding carboxylic acids is 5. The smallest absolute Gasteiger partial charge is 0.485 e. The number of nitro groups is 2. The van der Waals surface area contributed by atoms with Crippen LogP contribution in [0.5, 0.6) is 5.75 Å². The second kappa shape index (κ2) is 20.9. The summed E-state index contributed by atoms with van der Waals surface area (Å²) in [6, 6.07) is 20.7. The zero-order valence-corrected chi connectivity index (χ0v) is 38.6. The largest absolute Gasteiger partial charge is 0.741 e. The number of nitrogens with zero attached hydrogens (tertiary/aromatic N) is 5. The van der Waals surface area contributed by atoms with Crippen LogP contribution in [0.1, 0.15) is 47.1 Å². The number of carbonyl (C=O) groups is 5. The molecule has 6 rings (SSSR count). The molecule has 0 aliphatic carbocycles. The number of halogens is 3. The molecule has 0 unspecified atom stereocenters. The zero-order valence-electron chi connectivity index (χ0n) is 37.8. The number of quaternary nitrogens is 1. The number of hydrogen-bond acceptors (Lipinski definition) is 15. The maximum absolute atomic E-state index is 13.7. The van der Waals surface area contributed by atoms with Gasteiger partial charge in [-0.05, 0) is 47.2 Å². The van der Waals surface area contributed by atoms with Gasteiger partial charge in [0.2, 0.25) is 5.91 Å². The van der Waals surface area contributed by atoms with Crippen molar-refractivity contribution in [3.8, 4) is 5.75 Å². The Morgan fingerprint density at radius 2 is 1.32 bits per heavy atom. The Morgan fingerprint density at radius 3 is 1.83 bits per heavy atom. The quantitative estimate of drug-likeness (QED) is 0.0183. The summed E-state index contributed by atoms with van der Waals surface area (Å²) < 4.78 is 76.1. The zero-order chi connectivity index (χ0) is 51.3. The third-order valence-corrected chi connectivity index (χ3v) is 12.2. The number of amides is 2. The van der Waals surface area contributed by atoms with E-state index in [1.807, 2.05) is 71.3 Å². The Labute approximate surface area is 392 Å². The number of non-ortho nitro benzene ring substituents is 2. The summed E-state index contributed by atoms with van der Waals surface area (Å²) >= 11 is 0. The summed E-state index contributed by atoms with van der Waals surface area (Å²) in [5, 5.41) is 23.8. The average molecular weight is 986 g/mol. The molecule has 2 heterocycles. The highest BCUT2D eigenvalue weighted by Crippen LogP contribution is 2.49. The molecule has 2 aliphatic heterocycles. The molecule has 0 bridgehead atoms. The van der Waals surface area contributed by atoms with Crippen LogP contribution in [0, 0.1) is 38.0 Å². The second-order valence-corrected chi connectivity index (χ2v) is 18.5. The molecule has 3 atom stereocenters. The number of benzene rings is 4. The van der Waals surface area contributed by atoms with E-state index in [-0.39, 0.29) is 71.1 Å². The van der Waals surface area contributed by atoms with Crippen LogP contribution in [0.15, 0.2) is 96.2 Å². The van der Waals surface area contributed by atoms with Crippen molar-refractivity contribution in [2.24, 2.45) is 17.8 Å². The number of rotatable bonds is 15. The molecule has 0 N–H and O–H groups in total. The number of fused-ring (bicyclic) bond motifs is 2. The van der Waals surface area contributed by atoms with Gasteiger partial charge in [-0.3, -0.25) is 25.0 Å². The highest BCUT2D eigenvalue weighted by molar-refractivity contribution is 7.86. The summed E-state index contributed by atoms with van der Waals surface area (Å²) in [5.74, 6) is -3.25. The third kappa shape index (κ3) is 12.2. The lowest BCUT2D eigenvalue weighted by Crippen LogP contribution is -2.62. The van der Waals surface area contributed by atoms with Gasteiger partial charge in [0.1, 0.15) is 18.1 Å². The van der Waals surface area contributed by atoms with E-state index < -0.39 is 49.5 Å². The predicted molar refractivity (Wildman–Crippen MR) is 236 cm³/mol. The van der Waals surface area contributed by atoms with Crippen LogP contribution >= 0.6 is 0 Å². The van der Waals surface area contributed by atoms with Gasteiger partial charge in [-0.15, -0.1) is 0 Å². The number of esters is 3. The molecular weight excluding hydrogens is 940 g/mol. The fourth-order valence-electron chi connectivity index (χ4n) is 7.75. The molecular formula is C45H46F3N5O15S. The molecule has 4 aromatic rings. The molecule has 0 aromatic heterocycles. The lowest BCUT2D eigenvalue weighted by molar-refractivity contribution is -0.889. The number of alkyl halides is 3. The van der Waals surface area contributed by atoms with Crippen molar-refractivity contribution < 1.29 is 78.7 Å². The average Bonchev–Trinajstić information content (AvgIpc) is 3.52. The summed E-state index contributed by atoms with van der Waals surface area (Å²) in [5.41, 5.74) is -4.59. The van der Waals surface area contributed by atoms with E-state index in [9.17, 15) is 57.4 Å². The minimum atomic E-state index is -6.09. The summed E-state index contributed by atoms with van der Waals surface area (Å²) in [6.45, 7) is 7.24. The second-order valence-electron chi connectivity index (χ2n) is 17.1. The van der Waals surface area contributed by atoms with Gasteiger partial charge in [0.25, 0.3) is 11.4 Å². The molecule has 0 saturated carbocycles. The number of ether oxygens (including phenoxy) is 3. The van der Waals surface area contributed by atoms with E-state index in [2.05, 4.69) is 0 Å². The van der Waals surface area contributed by atoms with Gasteiger partial charge in [0, 0.05) is 54.6 Å². The topological polar surface area (TPSA) is 263 Å². The molecule has 1 saturated heterocycles. The molecule has 69 heavy (non-hydrogen) atoms. The summed E-state index contributed by atoms with van der Waals surface area (Å²) in [6.07, 6.45) is -0.180. The number of nitro benzene ring substituents is 2. The van der Waals surface area contributed by atoms with Crippen molar-refractivity contribution in [2.45, 2.75) is 38.7 Å². The lowest BCUT2D eigenvalue weighted by Gasteiger charge is -2.47. The van der Waals surface area contributed by atoms with E-state index in [4.69, 9.17) is 27.2 Å². The molecule has 0 spiro atoms. The fourth-order valence-corrected chi connectivity index (χ4v) is 7.75. The van der Waals surface area contributed by atoms with Crippen LogP contribution in [-0.2, 0) is 35.6 Å². The first-order valence-corrected chi connectivity index (χ1v) is 22.3. The van der Waals surface area contributed by atoms with E-state index in [1.54, 1.807) is 0 Å². The van der Waals surface area contributed by atoms with Gasteiger partial charge in [-0.1, -0.05) is 51.1 Å². The van der Waals surface area contributed by atoms with E-state index in [0.717, 1.165) is 40.6 Å². The lowest BCUT2D eigenvalue weighted by atomic mass is 9.74. The van der Waals surface area contributed by atoms with Crippen LogP contribution in [-0.4, -0.2) is 126 Å². The Kier molecular flexibility index (Phi) is 16.0. The molecule has 368 valence electrons. The first-order valence-electron chi connectivity index (χ1n) is 20.9. The van der Waals surface area contributed by atoms with Gasteiger partial charge in [0.05, 0.1) is 66.7 Å². The van der Waals surface area contributed by atoms with Crippen LogP contribution in [0.4, 0.5) is 29.3 Å². The normalized spacial score (nSPS) is 16.8. The number of β-lactam (4-membered cyclic amide) rings is 1. The molecule has 2 aliphatic rings. The van der Waals surface area contributed by atoms with Crippen molar-refractivity contribution >= 4 is 62.2 Å². The Morgan fingerprint density at radius 1 is 0.812 bits per heavy atom. The minimum Gasteiger partial charge on any atom is -0.741 e. The minimum absolute atomic E-state index is 0.0000450. The monoisotopic (exact) mass is 985 g/mol. The van der Waals surface area contributed by atoms with Gasteiger partial charge < -0.3 is 33.0 Å². The maximum atomic E-state index is 13.7. The molecule has 2 amide bonds. The maximum Gasteiger partial charge on any atom is 0.485 e. The predicted octanol–water partition coefficient (Wildman–Crippen LogP) is 6.38. The molecule has 24 heteroatoms. The summed E-state index contributed by atoms with van der Waals surface area (Å²) in [4.78, 5) is 88.8. The highest BCUT2D eigenvalue weighted by atomic mass is 32.2. The number of hydrogen-bond donors (Lipinski definition) is 0. The fraction of sp³-hybridized carbons (Fsp3) is 0.356. The van der Waals surface area contributed by atoms with E-state index >= 15 is 0 Å². The van der Waals surface area contributed by atoms with Crippen LogP contribution in [0.3, 0.4) is 0 Å². The Balaban J connectivity index is 0.00000102. The SMILES string of the molecule is CC(C)[C@H]1C(=O)N2C(C(=O)OC(=O)c3ccc([N+](=O)[O-])cc3)=C(COc3cccc4c(CC[N+](C)(C)CCN(C)C(=O)OC(=O)c5ccc([N+](=O)[O-])cc5)cccc34)[C@H](C)[C@H]12.O=S(=O)([O-])C(F)(F)F. The van der Waals surface area contributed by atoms with Crippen molar-refractivity contribution in [1.29, 1.82) is 0 Å². The van der Waals surface area contributed by atoms with Crippen LogP contribution < -0.4 is 4.74 Å². The Bertz CT molecular complexity index is 2820. The van der Waals surface area contributed by atoms with Gasteiger partial charge in [-0.25, -0.2) is 27.6 Å². The molecule has 4 aromatic carbocycles. The van der Waals surface area contributed by atoms with Crippen LogP contribution in [0.2, 0.25) is 0 Å². The Hall–Kier alpha value is -7.31. The summed E-state index contributed by atoms with van der Waals surface area (Å²) in [7, 11) is -0.516. The number of likely N-dealkylation sites (N-methyl/N-ethyl adjacent to an activating group) is 2. The van der Waals surface area contributed by atoms with Crippen molar-refractivity contribution in [2.75, 3.05) is 47.4 Å². The first-order chi connectivity index (χ1) is 32.1. The van der Waals surface area contributed by atoms with Gasteiger partial charge >= 0.3 is 29.5 Å². The molecule has 20 nitrogen and oxygen atoms in total. The first kappa shape index (κ1) is 52.7. The van der Waals surface area contributed by atoms with Gasteiger partial charge in [-0.2, -0.15) is 13.2 Å². The molecule has 0 radical (unpaired) electrons. The van der Waals surface area contributed by atoms with E-state index in [1.165, 1.54) is 41.1 Å². The van der Waals surface area contributed by atoms with Crippen molar-refractivity contribution in [1.82, 2.24) is 9.80 Å². The molecule has 1 fully saturated rings. The van der Waals surface area contributed by atoms with E-state index in [0.29, 0.717) is 35.3 Å². The van der Waals surface area contributed by atoms with Crippen molar-refractivity contribution in [3.63, 3.8) is 0 Å². The van der Waals surface area contributed by atoms with Gasteiger partial charge in [0.15, 0.2) is 10.1 Å². The van der Waals surface area contributed by atoms with Crippen LogP contribution in [0.25, 0.3) is 10.8 Å². The van der Waals surface area contributed by atoms with Crippen molar-refractivity contribution in [3.05, 3.63) is 133 Å².